The van der Waals surface area contributed by atoms with Gasteiger partial charge in [0.25, 0.3) is 0 Å². The van der Waals surface area contributed by atoms with E-state index in [4.69, 9.17) is 10.2 Å². The van der Waals surface area contributed by atoms with Gasteiger partial charge in [-0.1, -0.05) is 6.07 Å². The maximum atomic E-state index is 11.9. The lowest BCUT2D eigenvalue weighted by molar-refractivity contribution is -0.146. The summed E-state index contributed by atoms with van der Waals surface area (Å²) in [6, 6.07) is 4.89. The SMILES string of the molecule is O=C(O)[C@@H](O)CNS(=O)(=O)c1ccc2c(c1)CCC2. The van der Waals surface area contributed by atoms with Crippen molar-refractivity contribution in [2.45, 2.75) is 30.3 Å². The number of carboxylic acids is 1. The van der Waals surface area contributed by atoms with Crippen LogP contribution in [0.1, 0.15) is 17.5 Å². The molecule has 0 aromatic heterocycles. The Morgan fingerprint density at radius 1 is 1.32 bits per heavy atom. The summed E-state index contributed by atoms with van der Waals surface area (Å²) in [6.45, 7) is -0.547. The molecule has 1 aromatic rings. The molecular weight excluding hydrogens is 270 g/mol. The third-order valence-electron chi connectivity index (χ3n) is 3.13. The summed E-state index contributed by atoms with van der Waals surface area (Å²) in [5, 5.41) is 17.6. The van der Waals surface area contributed by atoms with Crippen molar-refractivity contribution in [3.05, 3.63) is 29.3 Å². The summed E-state index contributed by atoms with van der Waals surface area (Å²) < 4.78 is 26.0. The first-order valence-electron chi connectivity index (χ1n) is 5.92. The van der Waals surface area contributed by atoms with Crippen LogP contribution in [0.25, 0.3) is 0 Å². The smallest absolute Gasteiger partial charge is 0.333 e. The van der Waals surface area contributed by atoms with Crippen molar-refractivity contribution in [1.29, 1.82) is 0 Å². The summed E-state index contributed by atoms with van der Waals surface area (Å²) in [5.41, 5.74) is 2.17. The third kappa shape index (κ3) is 3.12. The molecule has 0 amide bonds. The van der Waals surface area contributed by atoms with Gasteiger partial charge in [0.15, 0.2) is 6.10 Å². The Balaban J connectivity index is 2.14. The number of fused-ring (bicyclic) bond motifs is 1. The van der Waals surface area contributed by atoms with Crippen LogP contribution in [0.3, 0.4) is 0 Å². The Labute approximate surface area is 111 Å². The number of hydrogen-bond acceptors (Lipinski definition) is 4. The van der Waals surface area contributed by atoms with Gasteiger partial charge >= 0.3 is 5.97 Å². The molecule has 1 aromatic carbocycles. The number of hydrogen-bond donors (Lipinski definition) is 3. The van der Waals surface area contributed by atoms with E-state index in [-0.39, 0.29) is 4.90 Å². The fraction of sp³-hybridized carbons (Fsp3) is 0.417. The van der Waals surface area contributed by atoms with Crippen LogP contribution in [0, 0.1) is 0 Å². The zero-order valence-corrected chi connectivity index (χ0v) is 11.0. The maximum absolute atomic E-state index is 11.9. The normalized spacial score (nSPS) is 16.1. The minimum absolute atomic E-state index is 0.103. The number of aryl methyl sites for hydroxylation is 2. The molecule has 19 heavy (non-hydrogen) atoms. The molecule has 1 aliphatic carbocycles. The number of nitrogens with one attached hydrogen (secondary N) is 1. The largest absolute Gasteiger partial charge is 0.479 e. The second kappa shape index (κ2) is 5.28. The first-order chi connectivity index (χ1) is 8.90. The van der Waals surface area contributed by atoms with E-state index < -0.39 is 28.6 Å². The number of aliphatic hydroxyl groups excluding tert-OH is 1. The minimum atomic E-state index is -3.78. The van der Waals surface area contributed by atoms with E-state index in [2.05, 4.69) is 4.72 Å². The van der Waals surface area contributed by atoms with Crippen LogP contribution in [-0.2, 0) is 27.7 Å². The number of rotatable bonds is 5. The van der Waals surface area contributed by atoms with E-state index >= 15 is 0 Å². The van der Waals surface area contributed by atoms with Crippen LogP contribution in [0.2, 0.25) is 0 Å². The lowest BCUT2D eigenvalue weighted by Gasteiger charge is -2.10. The Morgan fingerprint density at radius 3 is 2.68 bits per heavy atom. The number of aliphatic carboxylic acids is 1. The molecule has 0 radical (unpaired) electrons. The van der Waals surface area contributed by atoms with Crippen molar-refractivity contribution in [3.8, 4) is 0 Å². The molecule has 0 saturated carbocycles. The molecule has 0 spiro atoms. The lowest BCUT2D eigenvalue weighted by atomic mass is 10.1. The predicted octanol–water partition coefficient (Wildman–Crippen LogP) is -0.101. The number of sulfonamides is 1. The quantitative estimate of drug-likeness (QED) is 0.701. The molecule has 0 bridgehead atoms. The molecule has 3 N–H and O–H groups in total. The van der Waals surface area contributed by atoms with Gasteiger partial charge < -0.3 is 10.2 Å². The first kappa shape index (κ1) is 14.0. The molecule has 0 unspecified atom stereocenters. The zero-order valence-electron chi connectivity index (χ0n) is 10.2. The zero-order chi connectivity index (χ0) is 14.0. The molecule has 6 nitrogen and oxygen atoms in total. The second-order valence-electron chi connectivity index (χ2n) is 4.49. The van der Waals surface area contributed by atoms with Crippen molar-refractivity contribution in [1.82, 2.24) is 4.72 Å². The van der Waals surface area contributed by atoms with Gasteiger partial charge in [-0.05, 0) is 42.5 Å². The summed E-state index contributed by atoms with van der Waals surface area (Å²) in [5.74, 6) is -1.46. The average Bonchev–Trinajstić information content (AvgIpc) is 2.82. The number of benzene rings is 1. The van der Waals surface area contributed by atoms with Crippen molar-refractivity contribution < 1.29 is 23.4 Å². The summed E-state index contributed by atoms with van der Waals surface area (Å²) in [6.07, 6.45) is 1.09. The van der Waals surface area contributed by atoms with Gasteiger partial charge in [-0.2, -0.15) is 0 Å². The first-order valence-corrected chi connectivity index (χ1v) is 7.41. The van der Waals surface area contributed by atoms with Crippen LogP contribution in [0.5, 0.6) is 0 Å². The molecule has 0 fully saturated rings. The highest BCUT2D eigenvalue weighted by molar-refractivity contribution is 7.89. The summed E-state index contributed by atoms with van der Waals surface area (Å²) in [7, 11) is -3.78. The molecule has 104 valence electrons. The summed E-state index contributed by atoms with van der Waals surface area (Å²) >= 11 is 0. The van der Waals surface area contributed by atoms with E-state index in [1.807, 2.05) is 0 Å². The highest BCUT2D eigenvalue weighted by Crippen LogP contribution is 2.24. The van der Waals surface area contributed by atoms with Gasteiger partial charge in [0.1, 0.15) is 0 Å². The van der Waals surface area contributed by atoms with Crippen LogP contribution in [-0.4, -0.2) is 37.2 Å². The Bertz CT molecular complexity index is 596. The Morgan fingerprint density at radius 2 is 2.00 bits per heavy atom. The monoisotopic (exact) mass is 285 g/mol. The van der Waals surface area contributed by atoms with Crippen molar-refractivity contribution in [2.24, 2.45) is 0 Å². The highest BCUT2D eigenvalue weighted by Gasteiger charge is 2.21. The van der Waals surface area contributed by atoms with Gasteiger partial charge in [0.05, 0.1) is 4.90 Å². The van der Waals surface area contributed by atoms with Crippen molar-refractivity contribution in [2.75, 3.05) is 6.54 Å². The molecular formula is C12H15NO5S. The molecule has 1 atom stereocenters. The Hall–Kier alpha value is -1.44. The van der Waals surface area contributed by atoms with E-state index in [1.54, 1.807) is 12.1 Å². The lowest BCUT2D eigenvalue weighted by Crippen LogP contribution is -2.36. The molecule has 0 saturated heterocycles. The van der Waals surface area contributed by atoms with Crippen molar-refractivity contribution >= 4 is 16.0 Å². The number of carboxylic acid groups (broad SMARTS) is 1. The molecule has 1 aliphatic rings. The standard InChI is InChI=1S/C12H15NO5S/c14-11(12(15)16)7-13-19(17,18)10-5-4-8-2-1-3-9(8)6-10/h4-6,11,13-14H,1-3,7H2,(H,15,16)/t11-/m0/s1. The van der Waals surface area contributed by atoms with Crippen LogP contribution >= 0.6 is 0 Å². The summed E-state index contributed by atoms with van der Waals surface area (Å²) in [4.78, 5) is 10.5. The third-order valence-corrected chi connectivity index (χ3v) is 4.55. The van der Waals surface area contributed by atoms with E-state index in [9.17, 15) is 13.2 Å². The number of aliphatic hydroxyl groups is 1. The van der Waals surface area contributed by atoms with Gasteiger partial charge in [-0.3, -0.25) is 0 Å². The predicted molar refractivity (Wildman–Crippen MR) is 67.3 cm³/mol. The van der Waals surface area contributed by atoms with E-state index in [0.29, 0.717) is 0 Å². The minimum Gasteiger partial charge on any atom is -0.479 e. The maximum Gasteiger partial charge on any atom is 0.333 e. The number of carbonyl (C=O) groups is 1. The van der Waals surface area contributed by atoms with Gasteiger partial charge in [0.2, 0.25) is 10.0 Å². The van der Waals surface area contributed by atoms with Gasteiger partial charge in [0, 0.05) is 6.54 Å². The van der Waals surface area contributed by atoms with Crippen LogP contribution in [0.15, 0.2) is 23.1 Å². The van der Waals surface area contributed by atoms with E-state index in [1.165, 1.54) is 6.07 Å². The Kier molecular flexibility index (Phi) is 3.88. The second-order valence-corrected chi connectivity index (χ2v) is 6.26. The fourth-order valence-corrected chi connectivity index (χ4v) is 3.16. The van der Waals surface area contributed by atoms with Crippen LogP contribution in [0.4, 0.5) is 0 Å². The molecule has 0 aliphatic heterocycles. The van der Waals surface area contributed by atoms with Crippen molar-refractivity contribution in [3.63, 3.8) is 0 Å². The highest BCUT2D eigenvalue weighted by atomic mass is 32.2. The fourth-order valence-electron chi connectivity index (χ4n) is 2.07. The van der Waals surface area contributed by atoms with E-state index in [0.717, 1.165) is 30.4 Å². The topological polar surface area (TPSA) is 104 Å². The molecule has 7 heteroatoms. The van der Waals surface area contributed by atoms with Gasteiger partial charge in [-0.15, -0.1) is 0 Å². The van der Waals surface area contributed by atoms with Crippen LogP contribution < -0.4 is 4.72 Å². The van der Waals surface area contributed by atoms with Gasteiger partial charge in [-0.25, -0.2) is 17.9 Å². The average molecular weight is 285 g/mol. The molecule has 2 rings (SSSR count). The molecule has 0 heterocycles.